The first-order valence-corrected chi connectivity index (χ1v) is 7.14. The molecule has 4 nitrogen and oxygen atoms in total. The Morgan fingerprint density at radius 1 is 1.35 bits per heavy atom. The standard InChI is InChI=1S/C16H18O4/c1-2-19-16(18)11-7-10(8-11)15-9-13(17)12-5-3-4-6-14(12)20-15/h3-6,10-11,15H,2,7-9H2,1H3. The van der Waals surface area contributed by atoms with E-state index in [4.69, 9.17) is 9.47 Å². The van der Waals surface area contributed by atoms with Gasteiger partial charge in [0.05, 0.1) is 18.1 Å². The molecule has 20 heavy (non-hydrogen) atoms. The lowest BCUT2D eigenvalue weighted by molar-refractivity contribution is -0.154. The maximum atomic E-state index is 12.1. The van der Waals surface area contributed by atoms with Gasteiger partial charge >= 0.3 is 5.97 Å². The van der Waals surface area contributed by atoms with Crippen molar-refractivity contribution in [3.8, 4) is 5.75 Å². The Morgan fingerprint density at radius 2 is 2.10 bits per heavy atom. The number of rotatable bonds is 3. The number of carbonyl (C=O) groups is 2. The molecule has 0 spiro atoms. The Labute approximate surface area is 118 Å². The molecule has 0 saturated heterocycles. The molecule has 1 fully saturated rings. The molecule has 0 radical (unpaired) electrons. The highest BCUT2D eigenvalue weighted by molar-refractivity contribution is 5.99. The van der Waals surface area contributed by atoms with E-state index in [0.717, 1.165) is 12.8 Å². The predicted molar refractivity (Wildman–Crippen MR) is 72.7 cm³/mol. The van der Waals surface area contributed by atoms with Crippen molar-refractivity contribution in [3.63, 3.8) is 0 Å². The molecule has 0 amide bonds. The summed E-state index contributed by atoms with van der Waals surface area (Å²) < 4.78 is 10.9. The van der Waals surface area contributed by atoms with E-state index in [2.05, 4.69) is 0 Å². The minimum atomic E-state index is -0.119. The van der Waals surface area contributed by atoms with Gasteiger partial charge in [0.25, 0.3) is 0 Å². The third-order valence-corrected chi connectivity index (χ3v) is 4.17. The van der Waals surface area contributed by atoms with Crippen molar-refractivity contribution in [3.05, 3.63) is 29.8 Å². The van der Waals surface area contributed by atoms with Crippen molar-refractivity contribution in [1.82, 2.24) is 0 Å². The van der Waals surface area contributed by atoms with E-state index in [9.17, 15) is 9.59 Å². The molecule has 4 heteroatoms. The third kappa shape index (κ3) is 2.30. The molecule has 1 aliphatic carbocycles. The first-order chi connectivity index (χ1) is 9.69. The predicted octanol–water partition coefficient (Wildman–Crippen LogP) is 2.61. The summed E-state index contributed by atoms with van der Waals surface area (Å²) in [6.07, 6.45) is 1.85. The normalized spacial score (nSPS) is 28.1. The summed E-state index contributed by atoms with van der Waals surface area (Å²) in [7, 11) is 0. The maximum Gasteiger partial charge on any atom is 0.308 e. The highest BCUT2D eigenvalue weighted by atomic mass is 16.5. The van der Waals surface area contributed by atoms with E-state index < -0.39 is 0 Å². The van der Waals surface area contributed by atoms with Crippen LogP contribution in [-0.4, -0.2) is 24.5 Å². The molecule has 2 aliphatic rings. The summed E-state index contributed by atoms with van der Waals surface area (Å²) in [6, 6.07) is 7.36. The molecule has 1 unspecified atom stereocenters. The number of benzene rings is 1. The van der Waals surface area contributed by atoms with Crippen LogP contribution >= 0.6 is 0 Å². The van der Waals surface area contributed by atoms with E-state index in [0.29, 0.717) is 24.3 Å². The zero-order valence-corrected chi connectivity index (χ0v) is 11.5. The summed E-state index contributed by atoms with van der Waals surface area (Å²) in [6.45, 7) is 2.24. The number of para-hydroxylation sites is 1. The molecule has 1 aliphatic heterocycles. The quantitative estimate of drug-likeness (QED) is 0.795. The second-order valence-corrected chi connectivity index (χ2v) is 5.46. The van der Waals surface area contributed by atoms with E-state index >= 15 is 0 Å². The smallest absolute Gasteiger partial charge is 0.308 e. The lowest BCUT2D eigenvalue weighted by Gasteiger charge is -2.40. The third-order valence-electron chi connectivity index (χ3n) is 4.17. The van der Waals surface area contributed by atoms with Crippen LogP contribution in [-0.2, 0) is 9.53 Å². The van der Waals surface area contributed by atoms with Crippen LogP contribution < -0.4 is 4.74 Å². The van der Waals surface area contributed by atoms with Crippen molar-refractivity contribution in [2.24, 2.45) is 11.8 Å². The summed E-state index contributed by atoms with van der Waals surface area (Å²) in [5, 5.41) is 0. The number of carbonyl (C=O) groups excluding carboxylic acids is 2. The first kappa shape index (κ1) is 13.2. The van der Waals surface area contributed by atoms with E-state index in [1.54, 1.807) is 6.07 Å². The highest BCUT2D eigenvalue weighted by Crippen LogP contribution is 2.42. The fraction of sp³-hybridized carbons (Fsp3) is 0.500. The van der Waals surface area contributed by atoms with Gasteiger partial charge in [0, 0.05) is 6.42 Å². The Kier molecular flexibility index (Phi) is 3.47. The largest absolute Gasteiger partial charge is 0.489 e. The van der Waals surface area contributed by atoms with Crippen LogP contribution in [0.25, 0.3) is 0 Å². The number of hydrogen-bond donors (Lipinski definition) is 0. The number of esters is 1. The molecule has 1 aromatic carbocycles. The van der Waals surface area contributed by atoms with E-state index in [-0.39, 0.29) is 29.7 Å². The highest BCUT2D eigenvalue weighted by Gasteiger charge is 2.43. The topological polar surface area (TPSA) is 52.6 Å². The molecule has 1 aromatic rings. The van der Waals surface area contributed by atoms with Gasteiger partial charge in [0.15, 0.2) is 5.78 Å². The van der Waals surface area contributed by atoms with Gasteiger partial charge in [-0.3, -0.25) is 9.59 Å². The number of Topliss-reactive ketones (excluding diaryl/α,β-unsaturated/α-hetero) is 1. The van der Waals surface area contributed by atoms with Crippen molar-refractivity contribution in [2.45, 2.75) is 32.3 Å². The molecule has 1 atom stereocenters. The number of fused-ring (bicyclic) bond motifs is 1. The van der Waals surface area contributed by atoms with Crippen LogP contribution in [0.2, 0.25) is 0 Å². The van der Waals surface area contributed by atoms with E-state index in [1.165, 1.54) is 0 Å². The average molecular weight is 274 g/mol. The molecule has 0 aromatic heterocycles. The average Bonchev–Trinajstić information content (AvgIpc) is 2.37. The van der Waals surface area contributed by atoms with Crippen LogP contribution in [0.5, 0.6) is 5.75 Å². The van der Waals surface area contributed by atoms with E-state index in [1.807, 2.05) is 25.1 Å². The van der Waals surface area contributed by atoms with Crippen molar-refractivity contribution >= 4 is 11.8 Å². The van der Waals surface area contributed by atoms with Gasteiger partial charge in [0.1, 0.15) is 11.9 Å². The van der Waals surface area contributed by atoms with Crippen LogP contribution in [0.1, 0.15) is 36.5 Å². The van der Waals surface area contributed by atoms with Gasteiger partial charge in [-0.15, -0.1) is 0 Å². The summed E-state index contributed by atoms with van der Waals surface area (Å²) in [5.74, 6) is 0.952. The zero-order chi connectivity index (χ0) is 14.1. The zero-order valence-electron chi connectivity index (χ0n) is 11.5. The summed E-state index contributed by atoms with van der Waals surface area (Å²) >= 11 is 0. The summed E-state index contributed by atoms with van der Waals surface area (Å²) in [5.41, 5.74) is 0.671. The molecule has 106 valence electrons. The molecule has 0 bridgehead atoms. The minimum Gasteiger partial charge on any atom is -0.489 e. The lowest BCUT2D eigenvalue weighted by atomic mass is 9.70. The molecular formula is C16H18O4. The fourth-order valence-electron chi connectivity index (χ4n) is 2.98. The van der Waals surface area contributed by atoms with Gasteiger partial charge in [-0.1, -0.05) is 12.1 Å². The van der Waals surface area contributed by atoms with Gasteiger partial charge < -0.3 is 9.47 Å². The molecule has 1 heterocycles. The SMILES string of the molecule is CCOC(=O)C1CC(C2CC(=O)c3ccccc3O2)C1. The van der Waals surface area contributed by atoms with Gasteiger partial charge in [0.2, 0.25) is 0 Å². The number of hydrogen-bond acceptors (Lipinski definition) is 4. The van der Waals surface area contributed by atoms with Gasteiger partial charge in [-0.2, -0.15) is 0 Å². The van der Waals surface area contributed by atoms with Crippen molar-refractivity contribution < 1.29 is 19.1 Å². The maximum absolute atomic E-state index is 12.1. The Bertz CT molecular complexity index is 531. The second kappa shape index (κ2) is 5.27. The van der Waals surface area contributed by atoms with Crippen LogP contribution in [0.15, 0.2) is 24.3 Å². The lowest BCUT2D eigenvalue weighted by Crippen LogP contribution is -2.43. The van der Waals surface area contributed by atoms with Crippen LogP contribution in [0.3, 0.4) is 0 Å². The molecule has 1 saturated carbocycles. The van der Waals surface area contributed by atoms with Crippen LogP contribution in [0.4, 0.5) is 0 Å². The first-order valence-electron chi connectivity index (χ1n) is 7.14. The monoisotopic (exact) mass is 274 g/mol. The number of ketones is 1. The van der Waals surface area contributed by atoms with Crippen molar-refractivity contribution in [2.75, 3.05) is 6.61 Å². The Morgan fingerprint density at radius 3 is 2.85 bits per heavy atom. The molecule has 0 N–H and O–H groups in total. The Hall–Kier alpha value is -1.84. The second-order valence-electron chi connectivity index (χ2n) is 5.46. The minimum absolute atomic E-state index is 0.0178. The molecular weight excluding hydrogens is 256 g/mol. The van der Waals surface area contributed by atoms with Crippen LogP contribution in [0, 0.1) is 11.8 Å². The Balaban J connectivity index is 1.62. The van der Waals surface area contributed by atoms with Gasteiger partial charge in [-0.05, 0) is 37.8 Å². The van der Waals surface area contributed by atoms with Crippen molar-refractivity contribution in [1.29, 1.82) is 0 Å². The summed E-state index contributed by atoms with van der Waals surface area (Å²) in [4.78, 5) is 23.7. The van der Waals surface area contributed by atoms with Gasteiger partial charge in [-0.25, -0.2) is 0 Å². The number of ether oxygens (including phenoxy) is 2. The molecule has 3 rings (SSSR count). The fourth-order valence-corrected chi connectivity index (χ4v) is 2.98.